The Morgan fingerprint density at radius 1 is 1.41 bits per heavy atom. The van der Waals surface area contributed by atoms with Crippen LogP contribution in [0.1, 0.15) is 36.5 Å². The van der Waals surface area contributed by atoms with E-state index in [0.29, 0.717) is 0 Å². The minimum atomic E-state index is 0.129. The fourth-order valence-corrected chi connectivity index (χ4v) is 3.32. The summed E-state index contributed by atoms with van der Waals surface area (Å²) >= 11 is 3.63. The van der Waals surface area contributed by atoms with E-state index in [-0.39, 0.29) is 11.5 Å². The molecule has 2 N–H and O–H groups in total. The Hall–Kier alpha value is -0.540. The Bertz CT molecular complexity index is 450. The lowest BCUT2D eigenvalue weighted by molar-refractivity contribution is 0.394. The van der Waals surface area contributed by atoms with Gasteiger partial charge in [0, 0.05) is 21.5 Å². The molecule has 0 heterocycles. The van der Waals surface area contributed by atoms with E-state index in [0.717, 1.165) is 23.1 Å². The van der Waals surface area contributed by atoms with Crippen molar-refractivity contribution in [3.63, 3.8) is 0 Å². The Labute approximate surface area is 112 Å². The van der Waals surface area contributed by atoms with Crippen LogP contribution in [-0.4, -0.2) is 13.2 Å². The summed E-state index contributed by atoms with van der Waals surface area (Å²) in [5, 5.41) is 0. The summed E-state index contributed by atoms with van der Waals surface area (Å²) in [6, 6.07) is 2.29. The van der Waals surface area contributed by atoms with E-state index in [9.17, 15) is 0 Å². The van der Waals surface area contributed by atoms with Gasteiger partial charge in [0.25, 0.3) is 0 Å². The molecule has 1 aliphatic carbocycles. The largest absolute Gasteiger partial charge is 0.496 e. The lowest BCUT2D eigenvalue weighted by Gasteiger charge is -2.26. The molecule has 94 valence electrons. The molecule has 0 aliphatic heterocycles. The topological polar surface area (TPSA) is 35.2 Å². The predicted octanol–water partition coefficient (Wildman–Crippen LogP) is 3.45. The first-order chi connectivity index (χ1) is 7.94. The van der Waals surface area contributed by atoms with Crippen LogP contribution in [0, 0.1) is 13.8 Å². The fourth-order valence-electron chi connectivity index (χ4n) is 2.78. The monoisotopic (exact) mass is 297 g/mol. The number of ether oxygens (including phenoxy) is 1. The van der Waals surface area contributed by atoms with Gasteiger partial charge in [-0.2, -0.15) is 0 Å². The maximum Gasteiger partial charge on any atom is 0.125 e. The van der Waals surface area contributed by atoms with Gasteiger partial charge in [-0.25, -0.2) is 0 Å². The summed E-state index contributed by atoms with van der Waals surface area (Å²) in [6.45, 7) is 6.33. The summed E-state index contributed by atoms with van der Waals surface area (Å²) in [4.78, 5) is 0. The molecule has 1 aromatic carbocycles. The van der Waals surface area contributed by atoms with Crippen molar-refractivity contribution in [3.05, 3.63) is 27.2 Å². The first-order valence-corrected chi connectivity index (χ1v) is 6.83. The van der Waals surface area contributed by atoms with Crippen LogP contribution in [0.4, 0.5) is 0 Å². The Balaban J connectivity index is 2.67. The quantitative estimate of drug-likeness (QED) is 0.927. The van der Waals surface area contributed by atoms with Crippen molar-refractivity contribution in [2.45, 2.75) is 45.1 Å². The fraction of sp³-hybridized carbons (Fsp3) is 0.571. The van der Waals surface area contributed by atoms with Crippen molar-refractivity contribution in [1.29, 1.82) is 0 Å². The van der Waals surface area contributed by atoms with Crippen LogP contribution >= 0.6 is 15.9 Å². The zero-order valence-corrected chi connectivity index (χ0v) is 12.5. The molecule has 1 unspecified atom stereocenters. The molecule has 17 heavy (non-hydrogen) atoms. The number of rotatable bonds is 3. The number of benzene rings is 1. The summed E-state index contributed by atoms with van der Waals surface area (Å²) in [6.07, 6.45) is 2.33. The predicted molar refractivity (Wildman–Crippen MR) is 74.7 cm³/mol. The van der Waals surface area contributed by atoms with Gasteiger partial charge in [0.1, 0.15) is 5.75 Å². The summed E-state index contributed by atoms with van der Waals surface area (Å²) in [7, 11) is 1.75. The van der Waals surface area contributed by atoms with E-state index in [2.05, 4.69) is 42.8 Å². The van der Waals surface area contributed by atoms with Gasteiger partial charge < -0.3 is 10.5 Å². The summed E-state index contributed by atoms with van der Waals surface area (Å²) in [5.74, 6) is 1.01. The standard InChI is InChI=1S/C14H20BrNO/c1-8-7-11(15)9(2)12(13(8)17-4)14(5-6-14)10(3)16/h7,10H,5-6,16H2,1-4H3. The van der Waals surface area contributed by atoms with Crippen molar-refractivity contribution >= 4 is 15.9 Å². The molecule has 0 radical (unpaired) electrons. The van der Waals surface area contributed by atoms with Gasteiger partial charge in [0.15, 0.2) is 0 Å². The average Bonchev–Trinajstić information content (AvgIpc) is 3.04. The maximum atomic E-state index is 6.19. The van der Waals surface area contributed by atoms with Crippen LogP contribution in [0.3, 0.4) is 0 Å². The molecule has 0 aromatic heterocycles. The molecular formula is C14H20BrNO. The molecule has 2 nitrogen and oxygen atoms in total. The van der Waals surface area contributed by atoms with Crippen LogP contribution in [0.25, 0.3) is 0 Å². The van der Waals surface area contributed by atoms with Crippen LogP contribution in [-0.2, 0) is 5.41 Å². The average molecular weight is 298 g/mol. The first-order valence-electron chi connectivity index (χ1n) is 6.04. The molecule has 1 aliphatic rings. The van der Waals surface area contributed by atoms with Crippen LogP contribution in [0.2, 0.25) is 0 Å². The van der Waals surface area contributed by atoms with Crippen LogP contribution in [0.15, 0.2) is 10.5 Å². The number of halogens is 1. The van der Waals surface area contributed by atoms with Crippen LogP contribution < -0.4 is 10.5 Å². The number of hydrogen-bond acceptors (Lipinski definition) is 2. The number of methoxy groups -OCH3 is 1. The second-order valence-corrected chi connectivity index (χ2v) is 6.01. The van der Waals surface area contributed by atoms with Gasteiger partial charge in [0.2, 0.25) is 0 Å². The molecule has 0 amide bonds. The van der Waals surface area contributed by atoms with Gasteiger partial charge in [-0.3, -0.25) is 0 Å². The summed E-state index contributed by atoms with van der Waals surface area (Å²) in [5.41, 5.74) is 10.1. The lowest BCUT2D eigenvalue weighted by Crippen LogP contribution is -2.32. The van der Waals surface area contributed by atoms with Gasteiger partial charge >= 0.3 is 0 Å². The van der Waals surface area contributed by atoms with E-state index in [1.165, 1.54) is 16.7 Å². The highest BCUT2D eigenvalue weighted by atomic mass is 79.9. The van der Waals surface area contributed by atoms with E-state index in [1.807, 2.05) is 0 Å². The number of hydrogen-bond donors (Lipinski definition) is 1. The lowest BCUT2D eigenvalue weighted by atomic mass is 9.84. The molecule has 1 saturated carbocycles. The zero-order valence-electron chi connectivity index (χ0n) is 10.9. The van der Waals surface area contributed by atoms with Crippen molar-refractivity contribution in [1.82, 2.24) is 0 Å². The number of aryl methyl sites for hydroxylation is 1. The molecule has 0 bridgehead atoms. The highest BCUT2D eigenvalue weighted by molar-refractivity contribution is 9.10. The van der Waals surface area contributed by atoms with Crippen molar-refractivity contribution in [3.8, 4) is 5.75 Å². The second kappa shape index (κ2) is 4.29. The molecule has 3 heteroatoms. The molecule has 0 saturated heterocycles. The highest BCUT2D eigenvalue weighted by Crippen LogP contribution is 2.55. The minimum Gasteiger partial charge on any atom is -0.496 e. The maximum absolute atomic E-state index is 6.19. The van der Waals surface area contributed by atoms with E-state index in [4.69, 9.17) is 10.5 Å². The van der Waals surface area contributed by atoms with E-state index >= 15 is 0 Å². The van der Waals surface area contributed by atoms with Crippen LogP contribution in [0.5, 0.6) is 5.75 Å². The third kappa shape index (κ3) is 1.89. The molecule has 1 fully saturated rings. The molecule has 2 rings (SSSR count). The normalized spacial score (nSPS) is 18.9. The second-order valence-electron chi connectivity index (χ2n) is 5.15. The van der Waals surface area contributed by atoms with E-state index in [1.54, 1.807) is 7.11 Å². The third-order valence-corrected chi connectivity index (χ3v) is 4.85. The Morgan fingerprint density at radius 3 is 2.41 bits per heavy atom. The number of nitrogens with two attached hydrogens (primary N) is 1. The van der Waals surface area contributed by atoms with Crippen molar-refractivity contribution in [2.75, 3.05) is 7.11 Å². The zero-order chi connectivity index (χ0) is 12.8. The van der Waals surface area contributed by atoms with Crippen molar-refractivity contribution in [2.24, 2.45) is 5.73 Å². The van der Waals surface area contributed by atoms with Gasteiger partial charge in [-0.05, 0) is 50.8 Å². The van der Waals surface area contributed by atoms with E-state index < -0.39 is 0 Å². The SMILES string of the molecule is COc1c(C)cc(Br)c(C)c1C1(C(C)N)CC1. The van der Waals surface area contributed by atoms with Gasteiger partial charge in [-0.15, -0.1) is 0 Å². The smallest absolute Gasteiger partial charge is 0.125 e. The summed E-state index contributed by atoms with van der Waals surface area (Å²) < 4.78 is 6.76. The molecule has 1 aromatic rings. The first kappa shape index (κ1) is 12.9. The highest BCUT2D eigenvalue weighted by Gasteiger charge is 2.50. The third-order valence-electron chi connectivity index (χ3n) is 4.02. The molecule has 0 spiro atoms. The Morgan fingerprint density at radius 2 is 2.00 bits per heavy atom. The molecular weight excluding hydrogens is 278 g/mol. The van der Waals surface area contributed by atoms with Crippen molar-refractivity contribution < 1.29 is 4.74 Å². The molecule has 1 atom stereocenters. The van der Waals surface area contributed by atoms with Gasteiger partial charge in [-0.1, -0.05) is 15.9 Å². The Kier molecular flexibility index (Phi) is 3.25. The van der Waals surface area contributed by atoms with Gasteiger partial charge in [0.05, 0.1) is 7.11 Å². The minimum absolute atomic E-state index is 0.129.